The molecule has 0 spiro atoms. The van der Waals surface area contributed by atoms with Gasteiger partial charge in [0.25, 0.3) is 0 Å². The Hall–Kier alpha value is -2.70. The molecule has 4 rings (SSSR count). The molecule has 2 heterocycles. The topological polar surface area (TPSA) is 61.9 Å². The minimum atomic E-state index is -0.602. The fourth-order valence-corrected chi connectivity index (χ4v) is 5.09. The predicted molar refractivity (Wildman–Crippen MR) is 129 cm³/mol. The number of amides is 2. The molecule has 2 aliphatic heterocycles. The Labute approximate surface area is 196 Å². The van der Waals surface area contributed by atoms with E-state index in [-0.39, 0.29) is 17.9 Å². The monoisotopic (exact) mass is 449 g/mol. The summed E-state index contributed by atoms with van der Waals surface area (Å²) >= 11 is 0. The van der Waals surface area contributed by atoms with Crippen LogP contribution in [0.25, 0.3) is 0 Å². The van der Waals surface area contributed by atoms with E-state index >= 15 is 0 Å². The Morgan fingerprint density at radius 3 is 2.45 bits per heavy atom. The van der Waals surface area contributed by atoms with Crippen molar-refractivity contribution in [2.75, 3.05) is 32.8 Å². The molecule has 176 valence electrons. The lowest BCUT2D eigenvalue weighted by Gasteiger charge is -2.40. The molecule has 0 aromatic heterocycles. The molecule has 2 aromatic carbocycles. The molecular formula is C27H35N3O3. The highest BCUT2D eigenvalue weighted by Crippen LogP contribution is 2.36. The molecule has 33 heavy (non-hydrogen) atoms. The molecule has 1 atom stereocenters. The fourth-order valence-electron chi connectivity index (χ4n) is 5.09. The van der Waals surface area contributed by atoms with E-state index in [1.54, 1.807) is 6.92 Å². The SMILES string of the molecule is CC(=O)N1CCC(C(=O)NCc2cccc(CN3CCOC(C)C3)c2)(c2ccccc2)CC1. The van der Waals surface area contributed by atoms with E-state index in [1.807, 2.05) is 35.2 Å². The van der Waals surface area contributed by atoms with E-state index in [9.17, 15) is 9.59 Å². The van der Waals surface area contributed by atoms with Crippen molar-refractivity contribution in [3.63, 3.8) is 0 Å². The number of piperidine rings is 1. The number of carbonyl (C=O) groups excluding carboxylic acids is 2. The van der Waals surface area contributed by atoms with E-state index in [0.29, 0.717) is 32.5 Å². The number of likely N-dealkylation sites (tertiary alicyclic amines) is 1. The summed E-state index contributed by atoms with van der Waals surface area (Å²) in [6.07, 6.45) is 1.54. The smallest absolute Gasteiger partial charge is 0.231 e. The van der Waals surface area contributed by atoms with Crippen LogP contribution in [-0.2, 0) is 32.8 Å². The van der Waals surface area contributed by atoms with Crippen molar-refractivity contribution in [1.82, 2.24) is 15.1 Å². The van der Waals surface area contributed by atoms with Crippen LogP contribution < -0.4 is 5.32 Å². The van der Waals surface area contributed by atoms with E-state index in [2.05, 4.69) is 41.4 Å². The van der Waals surface area contributed by atoms with E-state index in [1.165, 1.54) is 5.56 Å². The van der Waals surface area contributed by atoms with Crippen molar-refractivity contribution in [1.29, 1.82) is 0 Å². The van der Waals surface area contributed by atoms with Gasteiger partial charge in [-0.15, -0.1) is 0 Å². The normalized spacial score (nSPS) is 20.9. The number of morpholine rings is 1. The third-order valence-electron chi connectivity index (χ3n) is 7.00. The molecule has 0 bridgehead atoms. The number of nitrogens with zero attached hydrogens (tertiary/aromatic N) is 2. The number of hydrogen-bond donors (Lipinski definition) is 1. The second kappa shape index (κ2) is 10.5. The zero-order valence-electron chi connectivity index (χ0n) is 19.8. The maximum atomic E-state index is 13.6. The van der Waals surface area contributed by atoms with Crippen molar-refractivity contribution in [3.05, 3.63) is 71.3 Å². The maximum absolute atomic E-state index is 13.6. The second-order valence-electron chi connectivity index (χ2n) is 9.37. The molecule has 0 saturated carbocycles. The van der Waals surface area contributed by atoms with Gasteiger partial charge in [0.2, 0.25) is 11.8 Å². The average Bonchev–Trinajstić information content (AvgIpc) is 2.83. The number of nitrogens with one attached hydrogen (secondary N) is 1. The number of carbonyl (C=O) groups is 2. The Kier molecular flexibility index (Phi) is 7.46. The molecule has 6 heteroatoms. The van der Waals surface area contributed by atoms with Crippen LogP contribution in [0.2, 0.25) is 0 Å². The first-order chi connectivity index (χ1) is 16.0. The molecule has 2 saturated heterocycles. The Balaban J connectivity index is 1.43. The summed E-state index contributed by atoms with van der Waals surface area (Å²) in [6, 6.07) is 18.5. The minimum absolute atomic E-state index is 0.0457. The van der Waals surface area contributed by atoms with Crippen LogP contribution in [-0.4, -0.2) is 60.5 Å². The summed E-state index contributed by atoms with van der Waals surface area (Å²) in [6.45, 7) is 8.97. The van der Waals surface area contributed by atoms with Gasteiger partial charge in [0.15, 0.2) is 0 Å². The lowest BCUT2D eigenvalue weighted by atomic mass is 9.72. The van der Waals surface area contributed by atoms with Gasteiger partial charge in [-0.25, -0.2) is 0 Å². The summed E-state index contributed by atoms with van der Waals surface area (Å²) in [5, 5.41) is 3.21. The molecule has 6 nitrogen and oxygen atoms in total. The van der Waals surface area contributed by atoms with Gasteiger partial charge in [0.1, 0.15) is 0 Å². The van der Waals surface area contributed by atoms with E-state index in [4.69, 9.17) is 4.74 Å². The van der Waals surface area contributed by atoms with Gasteiger partial charge in [0.05, 0.1) is 18.1 Å². The molecule has 2 fully saturated rings. The highest BCUT2D eigenvalue weighted by atomic mass is 16.5. The molecule has 0 aliphatic carbocycles. The van der Waals surface area contributed by atoms with Gasteiger partial charge in [-0.2, -0.15) is 0 Å². The van der Waals surface area contributed by atoms with Crippen molar-refractivity contribution in [3.8, 4) is 0 Å². The minimum Gasteiger partial charge on any atom is -0.376 e. The van der Waals surface area contributed by atoms with Crippen LogP contribution in [0, 0.1) is 0 Å². The first kappa shape index (κ1) is 23.5. The highest BCUT2D eigenvalue weighted by Gasteiger charge is 2.43. The summed E-state index contributed by atoms with van der Waals surface area (Å²) in [5.74, 6) is 0.118. The van der Waals surface area contributed by atoms with Gasteiger partial charge in [-0.3, -0.25) is 14.5 Å². The Bertz CT molecular complexity index is 954. The lowest BCUT2D eigenvalue weighted by Crippen LogP contribution is -2.52. The molecule has 2 aliphatic rings. The Morgan fingerprint density at radius 2 is 1.76 bits per heavy atom. The van der Waals surface area contributed by atoms with Crippen LogP contribution >= 0.6 is 0 Å². The first-order valence-corrected chi connectivity index (χ1v) is 12.0. The number of rotatable bonds is 6. The van der Waals surface area contributed by atoms with Crippen molar-refractivity contribution in [2.45, 2.75) is 51.3 Å². The largest absolute Gasteiger partial charge is 0.376 e. The fraction of sp³-hybridized carbons (Fsp3) is 0.481. The number of hydrogen-bond acceptors (Lipinski definition) is 4. The lowest BCUT2D eigenvalue weighted by molar-refractivity contribution is -0.135. The molecular weight excluding hydrogens is 414 g/mol. The van der Waals surface area contributed by atoms with Gasteiger partial charge in [0, 0.05) is 46.2 Å². The van der Waals surface area contributed by atoms with Crippen LogP contribution in [0.15, 0.2) is 54.6 Å². The van der Waals surface area contributed by atoms with Crippen molar-refractivity contribution >= 4 is 11.8 Å². The van der Waals surface area contributed by atoms with Crippen molar-refractivity contribution < 1.29 is 14.3 Å². The van der Waals surface area contributed by atoms with Crippen LogP contribution in [0.5, 0.6) is 0 Å². The number of benzene rings is 2. The first-order valence-electron chi connectivity index (χ1n) is 12.0. The zero-order chi connectivity index (χ0) is 23.3. The van der Waals surface area contributed by atoms with Crippen LogP contribution in [0.1, 0.15) is 43.4 Å². The summed E-state index contributed by atoms with van der Waals surface area (Å²) in [4.78, 5) is 29.7. The standard InChI is InChI=1S/C27H35N3O3/c1-21-19-29(15-16-33-21)20-24-8-6-7-23(17-24)18-28-26(32)27(25-9-4-3-5-10-25)11-13-30(14-12-27)22(2)31/h3-10,17,21H,11-16,18-20H2,1-2H3,(H,28,32). The molecule has 0 radical (unpaired) electrons. The summed E-state index contributed by atoms with van der Waals surface area (Å²) in [5.41, 5.74) is 2.78. The molecule has 2 amide bonds. The molecule has 2 aromatic rings. The third kappa shape index (κ3) is 5.63. The van der Waals surface area contributed by atoms with Crippen LogP contribution in [0.4, 0.5) is 0 Å². The van der Waals surface area contributed by atoms with Gasteiger partial charge in [-0.1, -0.05) is 54.6 Å². The van der Waals surface area contributed by atoms with Crippen LogP contribution in [0.3, 0.4) is 0 Å². The third-order valence-corrected chi connectivity index (χ3v) is 7.00. The van der Waals surface area contributed by atoms with E-state index in [0.717, 1.165) is 37.4 Å². The van der Waals surface area contributed by atoms with Gasteiger partial charge < -0.3 is 15.0 Å². The van der Waals surface area contributed by atoms with Gasteiger partial charge in [-0.05, 0) is 36.5 Å². The van der Waals surface area contributed by atoms with Crippen molar-refractivity contribution in [2.24, 2.45) is 0 Å². The Morgan fingerprint density at radius 1 is 1.03 bits per heavy atom. The molecule has 1 unspecified atom stereocenters. The van der Waals surface area contributed by atoms with Gasteiger partial charge >= 0.3 is 0 Å². The summed E-state index contributed by atoms with van der Waals surface area (Å²) in [7, 11) is 0. The molecule has 1 N–H and O–H groups in total. The number of ether oxygens (including phenoxy) is 1. The quantitative estimate of drug-likeness (QED) is 0.736. The summed E-state index contributed by atoms with van der Waals surface area (Å²) < 4.78 is 5.65. The zero-order valence-corrected chi connectivity index (χ0v) is 19.8. The second-order valence-corrected chi connectivity index (χ2v) is 9.37. The predicted octanol–water partition coefficient (Wildman–Crippen LogP) is 3.10. The average molecular weight is 450 g/mol. The maximum Gasteiger partial charge on any atom is 0.231 e. The highest BCUT2D eigenvalue weighted by molar-refractivity contribution is 5.88. The van der Waals surface area contributed by atoms with E-state index < -0.39 is 5.41 Å².